The van der Waals surface area contributed by atoms with Gasteiger partial charge >= 0.3 is 0 Å². The largest absolute Gasteiger partial charge is 0.476 e. The van der Waals surface area contributed by atoms with Gasteiger partial charge in [-0.15, -0.1) is 0 Å². The molecule has 9 heteroatoms. The van der Waals surface area contributed by atoms with E-state index in [1.807, 2.05) is 6.92 Å². The number of hydrogen-bond acceptors (Lipinski definition) is 5. The fourth-order valence-corrected chi connectivity index (χ4v) is 4.45. The van der Waals surface area contributed by atoms with Gasteiger partial charge < -0.3 is 15.4 Å². The molecule has 1 heterocycles. The number of rotatable bonds is 6. The van der Waals surface area contributed by atoms with E-state index >= 15 is 0 Å². The van der Waals surface area contributed by atoms with Crippen LogP contribution in [-0.4, -0.2) is 39.4 Å². The molecule has 1 aliphatic rings. The molecule has 0 unspecified atom stereocenters. The molecule has 2 aromatic rings. The summed E-state index contributed by atoms with van der Waals surface area (Å²) in [6, 6.07) is 12.6. The number of nitrogens with one attached hydrogen (secondary N) is 2. The minimum absolute atomic E-state index is 0.0519. The van der Waals surface area contributed by atoms with Gasteiger partial charge in [-0.1, -0.05) is 19.1 Å². The Labute approximate surface area is 169 Å². The highest BCUT2D eigenvalue weighted by atomic mass is 32.2. The molecule has 154 valence electrons. The molecule has 29 heavy (non-hydrogen) atoms. The number of fused-ring (bicyclic) bond motifs is 1. The Morgan fingerprint density at radius 2 is 1.83 bits per heavy atom. The summed E-state index contributed by atoms with van der Waals surface area (Å²) in [4.78, 5) is 23.6. The Bertz CT molecular complexity index is 1010. The summed E-state index contributed by atoms with van der Waals surface area (Å²) in [7, 11) is -3.95. The van der Waals surface area contributed by atoms with Crippen LogP contribution >= 0.6 is 0 Å². The Morgan fingerprint density at radius 3 is 2.48 bits per heavy atom. The second-order valence-corrected chi connectivity index (χ2v) is 8.47. The number of nitrogens with zero attached hydrogens (tertiary/aromatic N) is 1. The van der Waals surface area contributed by atoms with Crippen LogP contribution in [0.3, 0.4) is 0 Å². The van der Waals surface area contributed by atoms with E-state index in [1.165, 1.54) is 35.5 Å². The van der Waals surface area contributed by atoms with E-state index in [4.69, 9.17) is 4.74 Å². The Balaban J connectivity index is 1.94. The third-order valence-electron chi connectivity index (χ3n) is 4.34. The van der Waals surface area contributed by atoms with Gasteiger partial charge in [-0.3, -0.25) is 13.9 Å². The first-order valence-electron chi connectivity index (χ1n) is 9.26. The zero-order valence-corrected chi connectivity index (χ0v) is 17.0. The summed E-state index contributed by atoms with van der Waals surface area (Å²) in [6.07, 6.45) is -0.192. The first-order chi connectivity index (χ1) is 13.8. The topological polar surface area (TPSA) is 105 Å². The Kier molecular flexibility index (Phi) is 6.07. The predicted molar refractivity (Wildman–Crippen MR) is 109 cm³/mol. The molecule has 0 saturated heterocycles. The average molecular weight is 417 g/mol. The lowest BCUT2D eigenvalue weighted by Gasteiger charge is -2.34. The number of anilines is 2. The number of carbonyl (C=O) groups excluding carboxylic acids is 2. The number of hydrogen-bond donors (Lipinski definition) is 2. The number of amides is 2. The van der Waals surface area contributed by atoms with Crippen LogP contribution < -0.4 is 19.7 Å². The van der Waals surface area contributed by atoms with Crippen molar-refractivity contribution in [3.8, 4) is 5.75 Å². The van der Waals surface area contributed by atoms with Crippen LogP contribution in [-0.2, 0) is 19.6 Å². The average Bonchev–Trinajstić information content (AvgIpc) is 2.71. The molecule has 2 aromatic carbocycles. The molecule has 3 rings (SSSR count). The summed E-state index contributed by atoms with van der Waals surface area (Å²) in [5.74, 6) is -0.278. The van der Waals surface area contributed by atoms with E-state index in [-0.39, 0.29) is 23.3 Å². The van der Waals surface area contributed by atoms with Crippen molar-refractivity contribution in [2.45, 2.75) is 31.3 Å². The van der Waals surface area contributed by atoms with Crippen molar-refractivity contribution in [1.29, 1.82) is 0 Å². The molecule has 0 bridgehead atoms. The summed E-state index contributed by atoms with van der Waals surface area (Å²) in [6.45, 7) is 3.65. The van der Waals surface area contributed by atoms with E-state index < -0.39 is 16.1 Å². The van der Waals surface area contributed by atoms with Crippen molar-refractivity contribution >= 4 is 33.2 Å². The molecule has 0 fully saturated rings. The molecule has 2 N–H and O–H groups in total. The van der Waals surface area contributed by atoms with Gasteiger partial charge in [0, 0.05) is 19.2 Å². The third kappa shape index (κ3) is 4.51. The molecule has 0 aromatic heterocycles. The molecule has 2 amide bonds. The summed E-state index contributed by atoms with van der Waals surface area (Å²) >= 11 is 0. The fraction of sp³-hybridized carbons (Fsp3) is 0.300. The molecule has 0 saturated carbocycles. The van der Waals surface area contributed by atoms with Gasteiger partial charge in [0.1, 0.15) is 5.75 Å². The quantitative estimate of drug-likeness (QED) is 0.749. The summed E-state index contributed by atoms with van der Waals surface area (Å²) in [5.41, 5.74) is 0.869. The number of carbonyl (C=O) groups is 2. The van der Waals surface area contributed by atoms with E-state index in [0.717, 1.165) is 6.42 Å². The van der Waals surface area contributed by atoms with Crippen LogP contribution in [0.1, 0.15) is 20.3 Å². The van der Waals surface area contributed by atoms with Crippen molar-refractivity contribution in [2.75, 3.05) is 22.7 Å². The van der Waals surface area contributed by atoms with Gasteiger partial charge in [-0.05, 0) is 42.8 Å². The summed E-state index contributed by atoms with van der Waals surface area (Å²) < 4.78 is 33.6. The zero-order chi connectivity index (χ0) is 21.0. The van der Waals surface area contributed by atoms with Crippen LogP contribution in [0.5, 0.6) is 5.75 Å². The van der Waals surface area contributed by atoms with Crippen LogP contribution in [0.2, 0.25) is 0 Å². The number of para-hydroxylation sites is 2. The maximum Gasteiger partial charge on any atom is 0.264 e. The molecule has 0 spiro atoms. The van der Waals surface area contributed by atoms with Crippen molar-refractivity contribution in [1.82, 2.24) is 5.32 Å². The zero-order valence-electron chi connectivity index (χ0n) is 16.2. The Morgan fingerprint density at radius 1 is 1.14 bits per heavy atom. The van der Waals surface area contributed by atoms with Crippen LogP contribution in [0.15, 0.2) is 53.4 Å². The molecule has 1 atom stereocenters. The van der Waals surface area contributed by atoms with E-state index in [2.05, 4.69) is 10.6 Å². The molecule has 8 nitrogen and oxygen atoms in total. The normalized spacial score (nSPS) is 15.8. The van der Waals surface area contributed by atoms with Gasteiger partial charge in [0.2, 0.25) is 5.91 Å². The number of ether oxygens (including phenoxy) is 1. The predicted octanol–water partition coefficient (Wildman–Crippen LogP) is 2.13. The monoisotopic (exact) mass is 417 g/mol. The second-order valence-electron chi connectivity index (χ2n) is 6.61. The number of benzene rings is 2. The lowest BCUT2D eigenvalue weighted by molar-refractivity contribution is -0.127. The first kappa shape index (κ1) is 20.7. The molecule has 0 aliphatic carbocycles. The van der Waals surface area contributed by atoms with Crippen LogP contribution in [0, 0.1) is 0 Å². The van der Waals surface area contributed by atoms with Crippen LogP contribution in [0.4, 0.5) is 11.4 Å². The number of sulfonamides is 1. The lowest BCUT2D eigenvalue weighted by Crippen LogP contribution is -2.50. The first-order valence-corrected chi connectivity index (χ1v) is 10.7. The van der Waals surface area contributed by atoms with Gasteiger partial charge in [-0.25, -0.2) is 8.42 Å². The maximum absolute atomic E-state index is 13.3. The van der Waals surface area contributed by atoms with Crippen LogP contribution in [0.25, 0.3) is 0 Å². The van der Waals surface area contributed by atoms with Crippen molar-refractivity contribution in [3.05, 3.63) is 48.5 Å². The molecule has 1 aliphatic heterocycles. The second kappa shape index (κ2) is 8.52. The smallest absolute Gasteiger partial charge is 0.264 e. The SMILES string of the molecule is CCCNC(=O)[C@H]1CN(S(=O)(=O)c2ccc(NC(C)=O)cc2)c2ccccc2O1. The van der Waals surface area contributed by atoms with Gasteiger partial charge in [0.05, 0.1) is 17.1 Å². The lowest BCUT2D eigenvalue weighted by atomic mass is 10.2. The molecular weight excluding hydrogens is 394 g/mol. The minimum atomic E-state index is -3.95. The van der Waals surface area contributed by atoms with Gasteiger partial charge in [0.25, 0.3) is 15.9 Å². The highest BCUT2D eigenvalue weighted by Gasteiger charge is 2.37. The summed E-state index contributed by atoms with van der Waals surface area (Å²) in [5, 5.41) is 5.34. The molecule has 0 radical (unpaired) electrons. The highest BCUT2D eigenvalue weighted by Crippen LogP contribution is 2.36. The minimum Gasteiger partial charge on any atom is -0.476 e. The fourth-order valence-electron chi connectivity index (χ4n) is 2.97. The van der Waals surface area contributed by atoms with Crippen molar-refractivity contribution < 1.29 is 22.7 Å². The van der Waals surface area contributed by atoms with Crippen molar-refractivity contribution in [3.63, 3.8) is 0 Å². The molecular formula is C20H23N3O5S. The maximum atomic E-state index is 13.3. The standard InChI is InChI=1S/C20H23N3O5S/c1-3-12-21-20(25)19-13-23(17-6-4-5-7-18(17)28-19)29(26,27)16-10-8-15(9-11-16)22-14(2)24/h4-11,19H,3,12-13H2,1-2H3,(H,21,25)(H,22,24)/t19-/m1/s1. The van der Waals surface area contributed by atoms with E-state index in [0.29, 0.717) is 23.7 Å². The van der Waals surface area contributed by atoms with E-state index in [1.54, 1.807) is 24.3 Å². The third-order valence-corrected chi connectivity index (χ3v) is 6.13. The highest BCUT2D eigenvalue weighted by molar-refractivity contribution is 7.92. The van der Waals surface area contributed by atoms with E-state index in [9.17, 15) is 18.0 Å². The van der Waals surface area contributed by atoms with Crippen molar-refractivity contribution in [2.24, 2.45) is 0 Å². The Hall–Kier alpha value is -3.07. The van der Waals surface area contributed by atoms with Gasteiger partial charge in [0.15, 0.2) is 6.10 Å². The van der Waals surface area contributed by atoms with Gasteiger partial charge in [-0.2, -0.15) is 0 Å².